The van der Waals surface area contributed by atoms with E-state index in [4.69, 9.17) is 0 Å². The molecule has 2 atom stereocenters. The molecule has 1 aromatic heterocycles. The lowest BCUT2D eigenvalue weighted by molar-refractivity contribution is 0.0698. The van der Waals surface area contributed by atoms with Crippen LogP contribution in [0.3, 0.4) is 0 Å². The van der Waals surface area contributed by atoms with Gasteiger partial charge in [-0.15, -0.1) is 0 Å². The summed E-state index contributed by atoms with van der Waals surface area (Å²) < 4.78 is 27.5. The third-order valence-electron chi connectivity index (χ3n) is 4.06. The summed E-state index contributed by atoms with van der Waals surface area (Å²) in [5.41, 5.74) is 1.27. The van der Waals surface area contributed by atoms with E-state index in [1.165, 1.54) is 18.2 Å². The first-order valence-electron chi connectivity index (χ1n) is 7.63. The number of nitrogens with zero attached hydrogens (tertiary/aromatic N) is 3. The van der Waals surface area contributed by atoms with Gasteiger partial charge in [0.2, 0.25) is 0 Å². The molecule has 0 radical (unpaired) electrons. The molecule has 1 fully saturated rings. The fraction of sp³-hybridized carbons (Fsp3) is 0.375. The zero-order chi connectivity index (χ0) is 17.3. The van der Waals surface area contributed by atoms with E-state index in [-0.39, 0.29) is 11.9 Å². The predicted molar refractivity (Wildman–Crippen MR) is 93.7 cm³/mol. The van der Waals surface area contributed by atoms with E-state index >= 15 is 0 Å². The molecule has 1 saturated heterocycles. The number of amides is 1. The van der Waals surface area contributed by atoms with Crippen LogP contribution in [0.1, 0.15) is 28.9 Å². The van der Waals surface area contributed by atoms with Crippen molar-refractivity contribution in [1.29, 1.82) is 0 Å². The molecule has 5 nitrogen and oxygen atoms in total. The zero-order valence-electron chi connectivity index (χ0n) is 13.1. The van der Waals surface area contributed by atoms with Gasteiger partial charge in [0.05, 0.1) is 17.8 Å². The highest BCUT2D eigenvalue weighted by Crippen LogP contribution is 2.29. The molecule has 0 unspecified atom stereocenters. The Morgan fingerprint density at radius 1 is 1.50 bits per heavy atom. The minimum atomic E-state index is -0.969. The molecule has 0 bridgehead atoms. The Kier molecular flexibility index (Phi) is 5.15. The van der Waals surface area contributed by atoms with Crippen LogP contribution in [0.15, 0.2) is 35.1 Å². The highest BCUT2D eigenvalue weighted by molar-refractivity contribution is 9.10. The van der Waals surface area contributed by atoms with Crippen LogP contribution in [0, 0.1) is 5.82 Å². The number of carbonyl (C=O) groups excluding carboxylic acids is 1. The second-order valence-electron chi connectivity index (χ2n) is 5.58. The molecule has 0 spiro atoms. The Balaban J connectivity index is 1.93. The van der Waals surface area contributed by atoms with E-state index in [2.05, 4.69) is 21.0 Å². The molecule has 3 rings (SSSR count). The summed E-state index contributed by atoms with van der Waals surface area (Å²) in [6, 6.07) is 3.73. The SMILES string of the molecule is CCn1cc([C@H]2C[S@@](=O)CCN2C(=O)c2ccc(F)cc2Br)cn1. The van der Waals surface area contributed by atoms with E-state index in [1.807, 2.05) is 13.1 Å². The smallest absolute Gasteiger partial charge is 0.255 e. The van der Waals surface area contributed by atoms with Crippen molar-refractivity contribution in [2.24, 2.45) is 0 Å². The maximum absolute atomic E-state index is 13.3. The van der Waals surface area contributed by atoms with E-state index in [0.717, 1.165) is 12.1 Å². The van der Waals surface area contributed by atoms with Crippen molar-refractivity contribution < 1.29 is 13.4 Å². The van der Waals surface area contributed by atoms with Crippen molar-refractivity contribution >= 4 is 32.6 Å². The van der Waals surface area contributed by atoms with Gasteiger partial charge in [-0.2, -0.15) is 5.10 Å². The molecule has 128 valence electrons. The first kappa shape index (κ1) is 17.3. The van der Waals surface area contributed by atoms with E-state index in [1.54, 1.807) is 15.8 Å². The Labute approximate surface area is 150 Å². The lowest BCUT2D eigenvalue weighted by Crippen LogP contribution is -2.44. The monoisotopic (exact) mass is 413 g/mol. The number of aryl methyl sites for hydroxylation is 1. The third-order valence-corrected chi connectivity index (χ3v) is 6.05. The highest BCUT2D eigenvalue weighted by Gasteiger charge is 2.33. The Morgan fingerprint density at radius 2 is 2.29 bits per heavy atom. The lowest BCUT2D eigenvalue weighted by atomic mass is 10.1. The number of halogens is 2. The van der Waals surface area contributed by atoms with Crippen LogP contribution < -0.4 is 0 Å². The van der Waals surface area contributed by atoms with Crippen molar-refractivity contribution in [2.45, 2.75) is 19.5 Å². The normalized spacial score (nSPS) is 21.0. The van der Waals surface area contributed by atoms with Crippen molar-refractivity contribution in [3.8, 4) is 0 Å². The first-order valence-corrected chi connectivity index (χ1v) is 9.91. The van der Waals surface area contributed by atoms with Crippen molar-refractivity contribution in [2.75, 3.05) is 18.1 Å². The van der Waals surface area contributed by atoms with Gasteiger partial charge < -0.3 is 4.90 Å². The van der Waals surface area contributed by atoms with E-state index in [9.17, 15) is 13.4 Å². The summed E-state index contributed by atoms with van der Waals surface area (Å²) in [6.07, 6.45) is 3.60. The fourth-order valence-corrected chi connectivity index (χ4v) is 4.58. The number of benzene rings is 1. The van der Waals surface area contributed by atoms with Gasteiger partial charge in [-0.25, -0.2) is 4.39 Å². The van der Waals surface area contributed by atoms with Crippen LogP contribution in [0.5, 0.6) is 0 Å². The molecular formula is C16H17BrFN3O2S. The number of hydrogen-bond acceptors (Lipinski definition) is 3. The number of carbonyl (C=O) groups is 1. The minimum Gasteiger partial charge on any atom is -0.330 e. The number of hydrogen-bond donors (Lipinski definition) is 0. The largest absolute Gasteiger partial charge is 0.330 e. The van der Waals surface area contributed by atoms with Crippen LogP contribution in [0.4, 0.5) is 4.39 Å². The number of aromatic nitrogens is 2. The lowest BCUT2D eigenvalue weighted by Gasteiger charge is -2.35. The van der Waals surface area contributed by atoms with Gasteiger partial charge in [0, 0.05) is 51.6 Å². The molecule has 1 amide bonds. The second-order valence-corrected chi connectivity index (χ2v) is 8.05. The standard InChI is InChI=1S/C16H17BrFN3O2S/c1-2-20-9-11(8-19-20)15-10-24(23)6-5-21(15)16(22)13-4-3-12(18)7-14(13)17/h3-4,7-9,15H,2,5-6,10H2,1H3/t15-,24+/m1/s1. The van der Waals surface area contributed by atoms with Crippen LogP contribution in [0.2, 0.25) is 0 Å². The highest BCUT2D eigenvalue weighted by atomic mass is 79.9. The summed E-state index contributed by atoms with van der Waals surface area (Å²) >= 11 is 3.25. The third kappa shape index (κ3) is 3.44. The molecule has 0 N–H and O–H groups in total. The minimum absolute atomic E-state index is 0.201. The van der Waals surface area contributed by atoms with Crippen molar-refractivity contribution in [1.82, 2.24) is 14.7 Å². The second kappa shape index (κ2) is 7.14. The molecule has 8 heteroatoms. The van der Waals surface area contributed by atoms with Gasteiger partial charge in [-0.3, -0.25) is 13.7 Å². The fourth-order valence-electron chi connectivity index (χ4n) is 2.77. The average molecular weight is 414 g/mol. The molecule has 2 heterocycles. The molecule has 0 aliphatic carbocycles. The van der Waals surface area contributed by atoms with Gasteiger partial charge >= 0.3 is 0 Å². The van der Waals surface area contributed by atoms with Crippen molar-refractivity contribution in [3.05, 3.63) is 52.0 Å². The molecule has 0 saturated carbocycles. The summed E-state index contributed by atoms with van der Waals surface area (Å²) in [5, 5.41) is 4.25. The van der Waals surface area contributed by atoms with Crippen LogP contribution >= 0.6 is 15.9 Å². The Morgan fingerprint density at radius 3 is 2.96 bits per heavy atom. The number of rotatable bonds is 3. The Bertz CT molecular complexity index is 795. The molecule has 1 aromatic carbocycles. The molecule has 1 aliphatic heterocycles. The average Bonchev–Trinajstić information content (AvgIpc) is 3.03. The first-order chi connectivity index (χ1) is 11.5. The van der Waals surface area contributed by atoms with Gasteiger partial charge in [-0.05, 0) is 41.1 Å². The predicted octanol–water partition coefficient (Wildman–Crippen LogP) is 2.75. The maximum Gasteiger partial charge on any atom is 0.255 e. The van der Waals surface area contributed by atoms with Crippen molar-refractivity contribution in [3.63, 3.8) is 0 Å². The molecule has 1 aliphatic rings. The van der Waals surface area contributed by atoms with Crippen LogP contribution in [-0.4, -0.2) is 42.8 Å². The zero-order valence-corrected chi connectivity index (χ0v) is 15.5. The van der Waals surface area contributed by atoms with Crippen LogP contribution in [-0.2, 0) is 17.3 Å². The van der Waals surface area contributed by atoms with Gasteiger partial charge in [0.25, 0.3) is 5.91 Å². The van der Waals surface area contributed by atoms with E-state index in [0.29, 0.717) is 28.1 Å². The Hall–Kier alpha value is -1.54. The summed E-state index contributed by atoms with van der Waals surface area (Å²) in [6.45, 7) is 3.11. The molecule has 2 aromatic rings. The quantitative estimate of drug-likeness (QED) is 0.776. The van der Waals surface area contributed by atoms with Gasteiger partial charge in [0.1, 0.15) is 5.82 Å². The topological polar surface area (TPSA) is 55.2 Å². The summed E-state index contributed by atoms with van der Waals surface area (Å²) in [5.74, 6) is 0.231. The summed E-state index contributed by atoms with van der Waals surface area (Å²) in [7, 11) is -0.969. The summed E-state index contributed by atoms with van der Waals surface area (Å²) in [4.78, 5) is 14.7. The molecule has 24 heavy (non-hydrogen) atoms. The van der Waals surface area contributed by atoms with E-state index < -0.39 is 16.6 Å². The maximum atomic E-state index is 13.3. The van der Waals surface area contributed by atoms with Gasteiger partial charge in [-0.1, -0.05) is 0 Å². The molecular weight excluding hydrogens is 397 g/mol. The van der Waals surface area contributed by atoms with Crippen LogP contribution in [0.25, 0.3) is 0 Å². The van der Waals surface area contributed by atoms with Gasteiger partial charge in [0.15, 0.2) is 0 Å².